The third kappa shape index (κ3) is 3.62. The van der Waals surface area contributed by atoms with Crippen LogP contribution < -0.4 is 11.1 Å². The summed E-state index contributed by atoms with van der Waals surface area (Å²) in [6.45, 7) is -0.107. The third-order valence-corrected chi connectivity index (χ3v) is 6.00. The second kappa shape index (κ2) is 7.20. The normalized spacial score (nSPS) is 12.8. The number of nitrogens with zero attached hydrogens (tertiary/aromatic N) is 4. The minimum atomic E-state index is -0.513. The lowest BCUT2D eigenvalue weighted by Gasteiger charge is -2.05. The number of hydrogen-bond acceptors (Lipinski definition) is 6. The summed E-state index contributed by atoms with van der Waals surface area (Å²) in [6, 6.07) is 7.48. The van der Waals surface area contributed by atoms with Gasteiger partial charge in [0.15, 0.2) is 0 Å². The predicted molar refractivity (Wildman–Crippen MR) is 104 cm³/mol. The topological polar surface area (TPSA) is 116 Å². The van der Waals surface area contributed by atoms with Gasteiger partial charge >= 0.3 is 0 Å². The van der Waals surface area contributed by atoms with Gasteiger partial charge in [-0.2, -0.15) is 4.80 Å². The molecule has 0 aliphatic heterocycles. The molecule has 1 aliphatic rings. The number of aromatic nitrogens is 4. The maximum absolute atomic E-state index is 12.4. The van der Waals surface area contributed by atoms with E-state index in [1.165, 1.54) is 16.1 Å². The number of anilines is 1. The molecule has 0 atom stereocenters. The molecule has 0 saturated heterocycles. The highest BCUT2D eigenvalue weighted by molar-refractivity contribution is 9.10. The number of thiophene rings is 1. The summed E-state index contributed by atoms with van der Waals surface area (Å²) >= 11 is 4.79. The molecule has 0 fully saturated rings. The Kier molecular flexibility index (Phi) is 4.75. The molecule has 138 valence electrons. The van der Waals surface area contributed by atoms with Gasteiger partial charge in [0.25, 0.3) is 5.91 Å². The molecule has 0 radical (unpaired) electrons. The molecule has 0 unspecified atom stereocenters. The summed E-state index contributed by atoms with van der Waals surface area (Å²) in [7, 11) is 0. The molecule has 8 nitrogen and oxygen atoms in total. The fourth-order valence-corrected chi connectivity index (χ4v) is 4.65. The van der Waals surface area contributed by atoms with Crippen molar-refractivity contribution in [3.8, 4) is 11.4 Å². The van der Waals surface area contributed by atoms with Gasteiger partial charge in [0.2, 0.25) is 11.7 Å². The zero-order chi connectivity index (χ0) is 19.0. The van der Waals surface area contributed by atoms with Gasteiger partial charge in [0, 0.05) is 14.9 Å². The van der Waals surface area contributed by atoms with E-state index in [1.807, 2.05) is 24.3 Å². The molecule has 27 heavy (non-hydrogen) atoms. The van der Waals surface area contributed by atoms with Crippen LogP contribution in [0.4, 0.5) is 5.00 Å². The summed E-state index contributed by atoms with van der Waals surface area (Å²) in [5.41, 5.74) is 7.72. The van der Waals surface area contributed by atoms with Crippen molar-refractivity contribution in [2.45, 2.75) is 25.8 Å². The SMILES string of the molecule is NC(=O)c1c(NC(=O)Cn2nnc(-c3ccc(Br)cc3)n2)sc2c1CCC2. The molecule has 0 bridgehead atoms. The van der Waals surface area contributed by atoms with Crippen molar-refractivity contribution in [1.82, 2.24) is 20.2 Å². The molecular formula is C17H15BrN6O2S. The van der Waals surface area contributed by atoms with E-state index in [0.717, 1.165) is 39.7 Å². The van der Waals surface area contributed by atoms with Crippen molar-refractivity contribution in [1.29, 1.82) is 0 Å². The fraction of sp³-hybridized carbons (Fsp3) is 0.235. The van der Waals surface area contributed by atoms with Gasteiger partial charge < -0.3 is 11.1 Å². The van der Waals surface area contributed by atoms with Gasteiger partial charge in [0.1, 0.15) is 11.5 Å². The number of nitrogens with one attached hydrogen (secondary N) is 1. The van der Waals surface area contributed by atoms with Crippen molar-refractivity contribution in [2.75, 3.05) is 5.32 Å². The van der Waals surface area contributed by atoms with Gasteiger partial charge in [-0.15, -0.1) is 21.5 Å². The lowest BCUT2D eigenvalue weighted by molar-refractivity contribution is -0.117. The molecule has 2 amide bonds. The monoisotopic (exact) mass is 446 g/mol. The molecule has 4 rings (SSSR count). The van der Waals surface area contributed by atoms with Crippen LogP contribution in [-0.4, -0.2) is 32.0 Å². The molecule has 2 heterocycles. The van der Waals surface area contributed by atoms with Gasteiger partial charge in [-0.1, -0.05) is 15.9 Å². The third-order valence-electron chi connectivity index (χ3n) is 4.26. The molecule has 1 aromatic carbocycles. The van der Waals surface area contributed by atoms with Crippen LogP contribution in [0.15, 0.2) is 28.7 Å². The number of carbonyl (C=O) groups excluding carboxylic acids is 2. The maximum Gasteiger partial charge on any atom is 0.251 e. The summed E-state index contributed by atoms with van der Waals surface area (Å²) in [5.74, 6) is -0.415. The zero-order valence-corrected chi connectivity index (χ0v) is 16.5. The van der Waals surface area contributed by atoms with Gasteiger partial charge in [0.05, 0.1) is 5.56 Å². The first-order chi connectivity index (χ1) is 13.0. The average Bonchev–Trinajstić information content (AvgIpc) is 3.31. The van der Waals surface area contributed by atoms with E-state index in [9.17, 15) is 9.59 Å². The second-order valence-electron chi connectivity index (χ2n) is 6.12. The van der Waals surface area contributed by atoms with Crippen molar-refractivity contribution < 1.29 is 9.59 Å². The van der Waals surface area contributed by atoms with Gasteiger partial charge in [-0.05, 0) is 54.3 Å². The number of nitrogens with two attached hydrogens (primary N) is 1. The van der Waals surface area contributed by atoms with E-state index in [1.54, 1.807) is 0 Å². The number of tetrazole rings is 1. The molecule has 0 saturated carbocycles. The molecule has 2 aromatic heterocycles. The Hall–Kier alpha value is -2.59. The molecule has 3 aromatic rings. The van der Waals surface area contributed by atoms with E-state index in [4.69, 9.17) is 5.73 Å². The first kappa shape index (κ1) is 17.8. The minimum absolute atomic E-state index is 0.107. The Morgan fingerprint density at radius 1 is 1.26 bits per heavy atom. The number of benzene rings is 1. The van der Waals surface area contributed by atoms with Crippen molar-refractivity contribution in [2.24, 2.45) is 5.73 Å². The number of aryl methyl sites for hydroxylation is 1. The van der Waals surface area contributed by atoms with E-state index in [2.05, 4.69) is 36.7 Å². The van der Waals surface area contributed by atoms with Crippen LogP contribution >= 0.6 is 27.3 Å². The molecule has 3 N–H and O–H groups in total. The maximum atomic E-state index is 12.4. The minimum Gasteiger partial charge on any atom is -0.365 e. The van der Waals surface area contributed by atoms with E-state index >= 15 is 0 Å². The Morgan fingerprint density at radius 2 is 2.04 bits per heavy atom. The Morgan fingerprint density at radius 3 is 2.78 bits per heavy atom. The lowest BCUT2D eigenvalue weighted by Crippen LogP contribution is -2.22. The molecular weight excluding hydrogens is 432 g/mol. The number of hydrogen-bond donors (Lipinski definition) is 2. The number of rotatable bonds is 5. The first-order valence-corrected chi connectivity index (χ1v) is 9.90. The largest absolute Gasteiger partial charge is 0.365 e. The summed E-state index contributed by atoms with van der Waals surface area (Å²) < 4.78 is 0.950. The standard InChI is InChI=1S/C17H15BrN6O2S/c18-10-6-4-9(5-7-10)16-21-23-24(22-16)8-13(25)20-17-14(15(19)26)11-2-1-3-12(11)27-17/h4-7H,1-3,8H2,(H2,19,26)(H,20,25). The summed E-state index contributed by atoms with van der Waals surface area (Å²) in [4.78, 5) is 26.5. The molecule has 0 spiro atoms. The van der Waals surface area contributed by atoms with Gasteiger partial charge in [-0.3, -0.25) is 9.59 Å². The number of fused-ring (bicyclic) bond motifs is 1. The number of amides is 2. The highest BCUT2D eigenvalue weighted by Gasteiger charge is 2.26. The highest BCUT2D eigenvalue weighted by Crippen LogP contribution is 2.38. The highest BCUT2D eigenvalue weighted by atomic mass is 79.9. The number of carbonyl (C=O) groups is 2. The van der Waals surface area contributed by atoms with Crippen LogP contribution in [0.25, 0.3) is 11.4 Å². The Labute approximate surface area is 166 Å². The zero-order valence-electron chi connectivity index (χ0n) is 14.1. The first-order valence-electron chi connectivity index (χ1n) is 8.29. The van der Waals surface area contributed by atoms with E-state index in [-0.39, 0.29) is 12.5 Å². The summed E-state index contributed by atoms with van der Waals surface area (Å²) in [6.07, 6.45) is 2.75. The smallest absolute Gasteiger partial charge is 0.251 e. The number of primary amides is 1. The average molecular weight is 447 g/mol. The van der Waals surface area contributed by atoms with Crippen LogP contribution in [0, 0.1) is 0 Å². The van der Waals surface area contributed by atoms with Gasteiger partial charge in [-0.25, -0.2) is 0 Å². The van der Waals surface area contributed by atoms with E-state index < -0.39 is 5.91 Å². The van der Waals surface area contributed by atoms with Crippen LogP contribution in [0.5, 0.6) is 0 Å². The predicted octanol–water partition coefficient (Wildman–Crippen LogP) is 2.39. The number of halogens is 1. The van der Waals surface area contributed by atoms with Crippen LogP contribution in [0.2, 0.25) is 0 Å². The van der Waals surface area contributed by atoms with Crippen LogP contribution in [0.3, 0.4) is 0 Å². The van der Waals surface area contributed by atoms with Crippen molar-refractivity contribution in [3.05, 3.63) is 44.7 Å². The molecule has 1 aliphatic carbocycles. The molecule has 10 heteroatoms. The van der Waals surface area contributed by atoms with Crippen LogP contribution in [0.1, 0.15) is 27.2 Å². The van der Waals surface area contributed by atoms with Crippen molar-refractivity contribution >= 4 is 44.1 Å². The second-order valence-corrected chi connectivity index (χ2v) is 8.15. The Balaban J connectivity index is 1.48. The Bertz CT molecular complexity index is 1030. The fourth-order valence-electron chi connectivity index (χ4n) is 3.07. The summed E-state index contributed by atoms with van der Waals surface area (Å²) in [5, 5.41) is 15.4. The van der Waals surface area contributed by atoms with Crippen molar-refractivity contribution in [3.63, 3.8) is 0 Å². The van der Waals surface area contributed by atoms with E-state index in [0.29, 0.717) is 16.4 Å². The van der Waals surface area contributed by atoms with Crippen LogP contribution in [-0.2, 0) is 24.2 Å². The lowest BCUT2D eigenvalue weighted by atomic mass is 10.1. The quantitative estimate of drug-likeness (QED) is 0.623.